The number of fused-ring (bicyclic) bond motifs is 1. The van der Waals surface area contributed by atoms with E-state index in [-0.39, 0.29) is 18.5 Å². The number of carbonyl (C=O) groups is 2. The average Bonchev–Trinajstić information content (AvgIpc) is 3.21. The molecule has 2 aliphatic rings. The lowest BCUT2D eigenvalue weighted by molar-refractivity contribution is -0.144. The Balaban J connectivity index is 1.88. The molecule has 3 unspecified atom stereocenters. The molecule has 1 heterocycles. The van der Waals surface area contributed by atoms with Crippen LogP contribution in [0, 0.1) is 5.92 Å². The lowest BCUT2D eigenvalue weighted by Gasteiger charge is -2.43. The van der Waals surface area contributed by atoms with Crippen LogP contribution >= 0.6 is 23.2 Å². The number of carboxylic acid groups (broad SMARTS) is 1. The highest BCUT2D eigenvalue weighted by Gasteiger charge is 2.54. The predicted octanol–water partition coefficient (Wildman–Crippen LogP) is 4.96. The van der Waals surface area contributed by atoms with Crippen molar-refractivity contribution in [1.82, 2.24) is 4.90 Å². The van der Waals surface area contributed by atoms with Crippen molar-refractivity contribution in [3.63, 3.8) is 0 Å². The molecule has 1 aliphatic carbocycles. The number of halogens is 2. The molecule has 0 radical (unpaired) electrons. The van der Waals surface area contributed by atoms with Crippen molar-refractivity contribution in [3.8, 4) is 0 Å². The van der Waals surface area contributed by atoms with E-state index in [1.165, 1.54) is 0 Å². The molecule has 0 saturated heterocycles. The SMILES string of the molecule is CC1CCC(N(CC(=O)O)C2(Cc3cccc(Cl)c3)C(=O)Nc3cc(Cl)ccc32)C1. The number of aliphatic carboxylic acids is 1. The molecule has 0 bridgehead atoms. The molecule has 3 atom stereocenters. The highest BCUT2D eigenvalue weighted by atomic mass is 35.5. The van der Waals surface area contributed by atoms with Crippen LogP contribution in [0.3, 0.4) is 0 Å². The van der Waals surface area contributed by atoms with Gasteiger partial charge in [0, 0.05) is 33.8 Å². The maximum absolute atomic E-state index is 13.6. The van der Waals surface area contributed by atoms with Gasteiger partial charge in [-0.2, -0.15) is 0 Å². The van der Waals surface area contributed by atoms with Gasteiger partial charge in [-0.3, -0.25) is 14.5 Å². The maximum atomic E-state index is 13.6. The number of benzene rings is 2. The zero-order valence-corrected chi connectivity index (χ0v) is 18.2. The summed E-state index contributed by atoms with van der Waals surface area (Å²) < 4.78 is 0. The molecule has 0 spiro atoms. The van der Waals surface area contributed by atoms with Crippen LogP contribution in [-0.2, 0) is 21.5 Å². The highest BCUT2D eigenvalue weighted by Crippen LogP contribution is 2.47. The Morgan fingerprint density at radius 1 is 1.20 bits per heavy atom. The van der Waals surface area contributed by atoms with Crippen molar-refractivity contribution >= 4 is 40.8 Å². The summed E-state index contributed by atoms with van der Waals surface area (Å²) in [4.78, 5) is 27.4. The number of anilines is 1. The summed E-state index contributed by atoms with van der Waals surface area (Å²) in [6.45, 7) is 1.96. The minimum absolute atomic E-state index is 0.00247. The molecular formula is C23H24Cl2N2O3. The van der Waals surface area contributed by atoms with Crippen molar-refractivity contribution < 1.29 is 14.7 Å². The van der Waals surface area contributed by atoms with Gasteiger partial charge in [-0.15, -0.1) is 0 Å². The van der Waals surface area contributed by atoms with E-state index in [9.17, 15) is 14.7 Å². The minimum atomic E-state index is -1.14. The molecule has 1 saturated carbocycles. The Kier molecular flexibility index (Phi) is 5.80. The van der Waals surface area contributed by atoms with Crippen LogP contribution < -0.4 is 5.32 Å². The molecule has 5 nitrogen and oxygen atoms in total. The molecule has 1 aliphatic heterocycles. The molecule has 2 N–H and O–H groups in total. The second-order valence-corrected chi connectivity index (χ2v) is 9.28. The first-order chi connectivity index (χ1) is 14.3. The number of amides is 1. The average molecular weight is 447 g/mol. The normalized spacial score (nSPS) is 25.4. The number of carboxylic acids is 1. The Morgan fingerprint density at radius 3 is 2.63 bits per heavy atom. The van der Waals surface area contributed by atoms with E-state index < -0.39 is 11.5 Å². The quantitative estimate of drug-likeness (QED) is 0.657. The Labute approximate surface area is 186 Å². The fraction of sp³-hybridized carbons (Fsp3) is 0.391. The zero-order valence-electron chi connectivity index (χ0n) is 16.7. The first-order valence-corrected chi connectivity index (χ1v) is 10.9. The smallest absolute Gasteiger partial charge is 0.317 e. The molecule has 0 aromatic heterocycles. The first-order valence-electron chi connectivity index (χ1n) is 10.1. The van der Waals surface area contributed by atoms with Crippen LogP contribution in [0.15, 0.2) is 42.5 Å². The van der Waals surface area contributed by atoms with Crippen molar-refractivity contribution in [2.24, 2.45) is 5.92 Å². The summed E-state index contributed by atoms with van der Waals surface area (Å²) >= 11 is 12.4. The number of nitrogens with zero attached hydrogens (tertiary/aromatic N) is 1. The molecule has 2 aromatic carbocycles. The summed E-state index contributed by atoms with van der Waals surface area (Å²) in [5, 5.41) is 13.8. The number of nitrogens with one attached hydrogen (secondary N) is 1. The van der Waals surface area contributed by atoms with Crippen LogP contribution in [0.25, 0.3) is 0 Å². The highest BCUT2D eigenvalue weighted by molar-refractivity contribution is 6.31. The van der Waals surface area contributed by atoms with E-state index in [4.69, 9.17) is 23.2 Å². The molecule has 7 heteroatoms. The second kappa shape index (κ2) is 8.22. The molecule has 1 amide bonds. The summed E-state index contributed by atoms with van der Waals surface area (Å²) in [5.41, 5.74) is 1.13. The van der Waals surface area contributed by atoms with E-state index >= 15 is 0 Å². The van der Waals surface area contributed by atoms with E-state index in [1.54, 1.807) is 18.2 Å². The number of carbonyl (C=O) groups excluding carboxylic acids is 1. The van der Waals surface area contributed by atoms with Gasteiger partial charge in [0.25, 0.3) is 0 Å². The van der Waals surface area contributed by atoms with Crippen molar-refractivity contribution in [2.45, 2.75) is 44.2 Å². The Hall–Kier alpha value is -2.08. The van der Waals surface area contributed by atoms with Gasteiger partial charge in [0.05, 0.1) is 6.54 Å². The van der Waals surface area contributed by atoms with E-state index in [1.807, 2.05) is 29.2 Å². The summed E-state index contributed by atoms with van der Waals surface area (Å²) in [6.07, 6.45) is 3.07. The lowest BCUT2D eigenvalue weighted by Crippen LogP contribution is -2.57. The number of rotatable bonds is 6. The zero-order chi connectivity index (χ0) is 21.5. The largest absolute Gasteiger partial charge is 0.480 e. The van der Waals surface area contributed by atoms with Crippen LogP contribution in [0.2, 0.25) is 10.0 Å². The monoisotopic (exact) mass is 446 g/mol. The number of hydrogen-bond acceptors (Lipinski definition) is 3. The molecule has 2 aromatic rings. The molecule has 1 fully saturated rings. The molecular weight excluding hydrogens is 423 g/mol. The second-order valence-electron chi connectivity index (χ2n) is 8.40. The van der Waals surface area contributed by atoms with Crippen LogP contribution in [0.4, 0.5) is 5.69 Å². The summed E-state index contributed by atoms with van der Waals surface area (Å²) in [7, 11) is 0. The maximum Gasteiger partial charge on any atom is 0.317 e. The first kappa shape index (κ1) is 21.2. The standard InChI is InChI=1S/C23H24Cl2N2O3/c1-14-5-7-18(9-14)27(13-21(28)29)23(12-15-3-2-4-16(24)10-15)19-8-6-17(25)11-20(19)26-22(23)30/h2-4,6,8,10-11,14,18H,5,7,9,12-13H2,1H3,(H,26,30)(H,28,29). The van der Waals surface area contributed by atoms with Crippen molar-refractivity contribution in [1.29, 1.82) is 0 Å². The van der Waals surface area contributed by atoms with Gasteiger partial charge in [-0.25, -0.2) is 0 Å². The van der Waals surface area contributed by atoms with Gasteiger partial charge in [0.1, 0.15) is 5.54 Å². The molecule has 30 heavy (non-hydrogen) atoms. The predicted molar refractivity (Wildman–Crippen MR) is 118 cm³/mol. The van der Waals surface area contributed by atoms with Crippen LogP contribution in [0.5, 0.6) is 0 Å². The fourth-order valence-electron chi connectivity index (χ4n) is 5.01. The third-order valence-electron chi connectivity index (χ3n) is 6.30. The molecule has 158 valence electrons. The Bertz CT molecular complexity index is 996. The van der Waals surface area contributed by atoms with Crippen molar-refractivity contribution in [2.75, 3.05) is 11.9 Å². The van der Waals surface area contributed by atoms with E-state index in [0.717, 1.165) is 30.4 Å². The van der Waals surface area contributed by atoms with Crippen LogP contribution in [0.1, 0.15) is 37.3 Å². The van der Waals surface area contributed by atoms with Gasteiger partial charge >= 0.3 is 5.97 Å². The van der Waals surface area contributed by atoms with E-state index in [0.29, 0.717) is 28.1 Å². The van der Waals surface area contributed by atoms with Crippen molar-refractivity contribution in [3.05, 3.63) is 63.6 Å². The summed E-state index contributed by atoms with van der Waals surface area (Å²) in [6, 6.07) is 12.7. The molecule has 4 rings (SSSR count). The third kappa shape index (κ3) is 3.82. The number of hydrogen-bond donors (Lipinski definition) is 2. The third-order valence-corrected chi connectivity index (χ3v) is 6.77. The fourth-order valence-corrected chi connectivity index (χ4v) is 5.40. The van der Waals surface area contributed by atoms with Gasteiger partial charge in [0.2, 0.25) is 5.91 Å². The lowest BCUT2D eigenvalue weighted by atomic mass is 9.81. The van der Waals surface area contributed by atoms with Gasteiger partial charge in [0.15, 0.2) is 0 Å². The van der Waals surface area contributed by atoms with Gasteiger partial charge in [-0.1, -0.05) is 48.3 Å². The topological polar surface area (TPSA) is 69.6 Å². The van der Waals surface area contributed by atoms with Gasteiger partial charge < -0.3 is 10.4 Å². The Morgan fingerprint density at radius 2 is 1.97 bits per heavy atom. The summed E-state index contributed by atoms with van der Waals surface area (Å²) in [5.74, 6) is -0.681. The minimum Gasteiger partial charge on any atom is -0.480 e. The van der Waals surface area contributed by atoms with E-state index in [2.05, 4.69) is 12.2 Å². The van der Waals surface area contributed by atoms with Crippen LogP contribution in [-0.4, -0.2) is 34.5 Å². The van der Waals surface area contributed by atoms with Gasteiger partial charge in [-0.05, 0) is 55.0 Å².